The molecule has 8 nitrogen and oxygen atoms in total. The molecule has 0 saturated carbocycles. The van der Waals surface area contributed by atoms with Gasteiger partial charge in [0.1, 0.15) is 0 Å². The molecule has 4 atom stereocenters. The molecule has 1 aliphatic heterocycles. The molecular weight excluding hydrogens is 542 g/mol. The molecule has 9 heteroatoms. The number of amides is 1. The molecule has 1 aliphatic rings. The number of aliphatic carboxylic acids is 1. The van der Waals surface area contributed by atoms with Gasteiger partial charge in [-0.1, -0.05) is 79.7 Å². The van der Waals surface area contributed by atoms with Gasteiger partial charge in [0.2, 0.25) is 5.91 Å². The van der Waals surface area contributed by atoms with Gasteiger partial charge < -0.3 is 30.1 Å². The maximum Gasteiger partial charge on any atom is 0.303 e. The number of hydrogen-bond donors (Lipinski definition) is 4. The van der Waals surface area contributed by atoms with Crippen molar-refractivity contribution in [2.75, 3.05) is 18.1 Å². The Hall–Kier alpha value is -3.21. The van der Waals surface area contributed by atoms with E-state index in [1.807, 2.05) is 72.8 Å². The van der Waals surface area contributed by atoms with Crippen molar-refractivity contribution in [1.29, 1.82) is 0 Å². The summed E-state index contributed by atoms with van der Waals surface area (Å²) in [6.45, 7) is 2.52. The van der Waals surface area contributed by atoms with E-state index in [1.165, 1.54) is 0 Å². The Balaban J connectivity index is 1.51. The molecular formula is C32H37NO7S. The van der Waals surface area contributed by atoms with Crippen LogP contribution in [0.2, 0.25) is 0 Å². The lowest BCUT2D eigenvalue weighted by atomic mass is 9.91. The lowest BCUT2D eigenvalue weighted by Crippen LogP contribution is -2.38. The second-order valence-electron chi connectivity index (χ2n) is 10.1. The molecule has 1 fully saturated rings. The number of carbonyl (C=O) groups excluding carboxylic acids is 1. The van der Waals surface area contributed by atoms with Crippen molar-refractivity contribution >= 4 is 23.6 Å². The van der Waals surface area contributed by atoms with Crippen molar-refractivity contribution in [3.63, 3.8) is 0 Å². The van der Waals surface area contributed by atoms with Crippen molar-refractivity contribution in [3.8, 4) is 11.1 Å². The number of hydrogen-bond acceptors (Lipinski definition) is 7. The highest BCUT2D eigenvalue weighted by Gasteiger charge is 2.38. The average Bonchev–Trinajstić information content (AvgIpc) is 3.00. The summed E-state index contributed by atoms with van der Waals surface area (Å²) in [6, 6.07) is 23.6. The molecule has 4 unspecified atom stereocenters. The van der Waals surface area contributed by atoms with Crippen molar-refractivity contribution in [2.24, 2.45) is 5.92 Å². The fourth-order valence-corrected chi connectivity index (χ4v) is 5.76. The van der Waals surface area contributed by atoms with Crippen molar-refractivity contribution in [1.82, 2.24) is 5.32 Å². The van der Waals surface area contributed by atoms with Crippen molar-refractivity contribution < 1.29 is 34.4 Å². The number of carbonyl (C=O) groups is 2. The van der Waals surface area contributed by atoms with Crippen LogP contribution in [-0.2, 0) is 32.2 Å². The maximum atomic E-state index is 12.1. The monoisotopic (exact) mass is 579 g/mol. The Labute approximate surface area is 244 Å². The third kappa shape index (κ3) is 8.40. The SMILES string of the molecule is CC1C(CSCCO)OC(c2ccc(-c3ccccc3CNC(=O)CCC(=O)O)cc2)OC1c1ccc(CO)cc1. The molecule has 1 saturated heterocycles. The van der Waals surface area contributed by atoms with Crippen molar-refractivity contribution in [3.05, 3.63) is 95.1 Å². The summed E-state index contributed by atoms with van der Waals surface area (Å²) in [4.78, 5) is 22.8. The van der Waals surface area contributed by atoms with E-state index in [9.17, 15) is 19.8 Å². The first kappa shape index (κ1) is 30.7. The molecule has 3 aromatic carbocycles. The Morgan fingerprint density at radius 3 is 2.29 bits per heavy atom. The van der Waals surface area contributed by atoms with E-state index < -0.39 is 12.3 Å². The molecule has 0 bridgehead atoms. The summed E-state index contributed by atoms with van der Waals surface area (Å²) < 4.78 is 13.0. The van der Waals surface area contributed by atoms with Gasteiger partial charge in [-0.15, -0.1) is 0 Å². The van der Waals surface area contributed by atoms with Gasteiger partial charge >= 0.3 is 5.97 Å². The molecule has 1 heterocycles. The average molecular weight is 580 g/mol. The normalized spacial score (nSPS) is 20.5. The molecule has 0 spiro atoms. The first-order chi connectivity index (χ1) is 19.9. The number of ether oxygens (including phenoxy) is 2. The highest BCUT2D eigenvalue weighted by Crippen LogP contribution is 2.42. The van der Waals surface area contributed by atoms with Gasteiger partial charge in [0.05, 0.1) is 31.8 Å². The molecule has 0 aromatic heterocycles. The summed E-state index contributed by atoms with van der Waals surface area (Å²) >= 11 is 1.65. The minimum absolute atomic E-state index is 0.0138. The highest BCUT2D eigenvalue weighted by molar-refractivity contribution is 7.99. The van der Waals surface area contributed by atoms with Gasteiger partial charge in [-0.2, -0.15) is 11.8 Å². The molecule has 4 rings (SSSR count). The second-order valence-corrected chi connectivity index (χ2v) is 11.2. The topological polar surface area (TPSA) is 125 Å². The Bertz CT molecular complexity index is 1280. The lowest BCUT2D eigenvalue weighted by Gasteiger charge is -2.41. The van der Waals surface area contributed by atoms with Crippen molar-refractivity contribution in [2.45, 2.75) is 51.4 Å². The number of aliphatic hydroxyl groups excluding tert-OH is 2. The molecule has 4 N–H and O–H groups in total. The fourth-order valence-electron chi connectivity index (χ4n) is 4.85. The minimum atomic E-state index is -0.998. The first-order valence-electron chi connectivity index (χ1n) is 13.8. The molecule has 1 amide bonds. The Kier molecular flexibility index (Phi) is 11.4. The number of carboxylic acid groups (broad SMARTS) is 1. The summed E-state index contributed by atoms with van der Waals surface area (Å²) in [5, 5.41) is 30.3. The van der Waals surface area contributed by atoms with Crippen LogP contribution < -0.4 is 5.32 Å². The third-order valence-electron chi connectivity index (χ3n) is 7.19. The van der Waals surface area contributed by atoms with E-state index in [2.05, 4.69) is 12.2 Å². The van der Waals surface area contributed by atoms with Crippen LogP contribution in [0, 0.1) is 5.92 Å². The van der Waals surface area contributed by atoms with Gasteiger partial charge in [-0.25, -0.2) is 0 Å². The number of nitrogens with one attached hydrogen (secondary N) is 1. The molecule has 0 radical (unpaired) electrons. The Morgan fingerprint density at radius 1 is 0.902 bits per heavy atom. The standard InChI is InChI=1S/C32H37NO7S/c1-21-28(20-41-17-16-34)39-32(40-31(21)24-8-6-22(19-35)7-9-24)25-12-10-23(11-13-25)27-5-3-2-4-26(27)18-33-29(36)14-15-30(37)38/h2-13,21,28,31-32,34-35H,14-20H2,1H3,(H,33,36)(H,37,38). The van der Waals surface area contributed by atoms with E-state index in [0.717, 1.165) is 39.1 Å². The van der Waals surface area contributed by atoms with Crippen LogP contribution in [0.1, 0.15) is 54.4 Å². The highest BCUT2D eigenvalue weighted by atomic mass is 32.2. The maximum absolute atomic E-state index is 12.1. The van der Waals surface area contributed by atoms with Crippen LogP contribution in [-0.4, -0.2) is 51.4 Å². The van der Waals surface area contributed by atoms with Crippen LogP contribution in [0.25, 0.3) is 11.1 Å². The number of carboxylic acids is 1. The van der Waals surface area contributed by atoms with E-state index in [-0.39, 0.29) is 50.1 Å². The minimum Gasteiger partial charge on any atom is -0.481 e. The van der Waals surface area contributed by atoms with Gasteiger partial charge in [-0.05, 0) is 27.8 Å². The van der Waals surface area contributed by atoms with Crippen LogP contribution >= 0.6 is 11.8 Å². The van der Waals surface area contributed by atoms with Gasteiger partial charge in [0, 0.05) is 36.0 Å². The summed E-state index contributed by atoms with van der Waals surface area (Å²) in [5.41, 5.74) is 5.62. The fraction of sp³-hybridized carbons (Fsp3) is 0.375. The smallest absolute Gasteiger partial charge is 0.303 e. The van der Waals surface area contributed by atoms with E-state index in [1.54, 1.807) is 11.8 Å². The Morgan fingerprint density at radius 2 is 1.61 bits per heavy atom. The van der Waals surface area contributed by atoms with E-state index in [4.69, 9.17) is 14.6 Å². The quantitative estimate of drug-likeness (QED) is 0.212. The zero-order chi connectivity index (χ0) is 29.2. The molecule has 218 valence electrons. The summed E-state index contributed by atoms with van der Waals surface area (Å²) in [7, 11) is 0. The summed E-state index contributed by atoms with van der Waals surface area (Å²) in [5.74, 6) is 0.153. The van der Waals surface area contributed by atoms with Crippen LogP contribution in [0.5, 0.6) is 0 Å². The van der Waals surface area contributed by atoms with Gasteiger partial charge in [0.25, 0.3) is 0 Å². The number of rotatable bonds is 13. The van der Waals surface area contributed by atoms with Crippen LogP contribution in [0.4, 0.5) is 0 Å². The van der Waals surface area contributed by atoms with Gasteiger partial charge in [-0.3, -0.25) is 9.59 Å². The molecule has 3 aromatic rings. The summed E-state index contributed by atoms with van der Waals surface area (Å²) in [6.07, 6.45) is -1.12. The zero-order valence-electron chi connectivity index (χ0n) is 23.1. The largest absolute Gasteiger partial charge is 0.481 e. The van der Waals surface area contributed by atoms with E-state index >= 15 is 0 Å². The van der Waals surface area contributed by atoms with E-state index in [0.29, 0.717) is 12.3 Å². The second kappa shape index (κ2) is 15.1. The predicted octanol–water partition coefficient (Wildman–Crippen LogP) is 4.84. The number of thioether (sulfide) groups is 1. The molecule has 0 aliphatic carbocycles. The van der Waals surface area contributed by atoms with Gasteiger partial charge in [0.15, 0.2) is 6.29 Å². The third-order valence-corrected chi connectivity index (χ3v) is 8.23. The first-order valence-corrected chi connectivity index (χ1v) is 14.9. The number of aliphatic hydroxyl groups is 2. The lowest BCUT2D eigenvalue weighted by molar-refractivity contribution is -0.268. The van der Waals surface area contributed by atoms with Crippen LogP contribution in [0.15, 0.2) is 72.8 Å². The van der Waals surface area contributed by atoms with Crippen LogP contribution in [0.3, 0.4) is 0 Å². The zero-order valence-corrected chi connectivity index (χ0v) is 23.9. The predicted molar refractivity (Wildman–Crippen MR) is 158 cm³/mol. The number of benzene rings is 3. The molecule has 41 heavy (non-hydrogen) atoms.